The maximum atomic E-state index is 9.93. The maximum absolute atomic E-state index is 9.93. The van der Waals surface area contributed by atoms with Crippen LogP contribution in [0.4, 0.5) is 0 Å². The van der Waals surface area contributed by atoms with Gasteiger partial charge in [-0.15, -0.1) is 0 Å². The van der Waals surface area contributed by atoms with Gasteiger partial charge < -0.3 is 15.8 Å². The van der Waals surface area contributed by atoms with E-state index in [1.54, 1.807) is 6.92 Å². The molecule has 52 valence electrons. The monoisotopic (exact) mass is 131 g/mol. The fourth-order valence-electron chi connectivity index (χ4n) is 0.302. The number of aliphatic carboxylic acids is 1. The smallest absolute Gasteiger partial charge is 0.370 e. The Kier molecular flexibility index (Phi) is 3.38. The van der Waals surface area contributed by atoms with Crippen LogP contribution in [0.1, 0.15) is 6.92 Å². The van der Waals surface area contributed by atoms with E-state index in [4.69, 9.17) is 5.11 Å². The molecule has 9 heavy (non-hydrogen) atoms. The molecule has 0 saturated carbocycles. The predicted molar refractivity (Wildman–Crippen MR) is 32.1 cm³/mol. The quantitative estimate of drug-likeness (QED) is 0.287. The van der Waals surface area contributed by atoms with E-state index in [9.17, 15) is 10.0 Å². The zero-order valence-electron chi connectivity index (χ0n) is 4.92. The zero-order valence-corrected chi connectivity index (χ0v) is 4.92. The molecule has 0 aliphatic rings. The van der Waals surface area contributed by atoms with E-state index in [0.717, 1.165) is 0 Å². The van der Waals surface area contributed by atoms with Crippen LogP contribution in [0.15, 0.2) is 4.99 Å². The topological polar surface area (TPSA) is 84.8 Å². The Morgan fingerprint density at radius 3 is 2.56 bits per heavy atom. The molecule has 0 aromatic carbocycles. The number of hydrogen-bond acceptors (Lipinski definition) is 3. The molecule has 5 nitrogen and oxygen atoms in total. The Morgan fingerprint density at radius 2 is 2.44 bits per heavy atom. The Morgan fingerprint density at radius 1 is 1.89 bits per heavy atom. The van der Waals surface area contributed by atoms with Gasteiger partial charge in [0.1, 0.15) is 0 Å². The highest BCUT2D eigenvalue weighted by molar-refractivity contribution is 6.34. The third-order valence-electron chi connectivity index (χ3n) is 0.615. The van der Waals surface area contributed by atoms with Gasteiger partial charge in [-0.2, -0.15) is 0 Å². The second-order valence-electron chi connectivity index (χ2n) is 1.23. The first kappa shape index (κ1) is 7.90. The van der Waals surface area contributed by atoms with Crippen LogP contribution in [0.25, 0.3) is 0 Å². The Balaban J connectivity index is 3.98. The summed E-state index contributed by atoms with van der Waals surface area (Å²) in [5, 5.41) is 17.8. The lowest BCUT2D eigenvalue weighted by molar-refractivity contribution is -0.129. The first-order valence-corrected chi connectivity index (χ1v) is 2.38. The van der Waals surface area contributed by atoms with Gasteiger partial charge in [-0.3, -0.25) is 4.99 Å². The minimum Gasteiger partial charge on any atom is -0.760 e. The summed E-state index contributed by atoms with van der Waals surface area (Å²) in [6.07, 6.45) is 0. The SMILES string of the molecule is CCN=C(N[O-])C(=O)O. The van der Waals surface area contributed by atoms with Crippen molar-refractivity contribution in [3.05, 3.63) is 5.21 Å². The summed E-state index contributed by atoms with van der Waals surface area (Å²) < 4.78 is 0. The molecule has 0 amide bonds. The van der Waals surface area contributed by atoms with Gasteiger partial charge in [0, 0.05) is 6.54 Å². The number of amidine groups is 1. The minimum absolute atomic E-state index is 0.289. The number of rotatable bonds is 1. The van der Waals surface area contributed by atoms with Crippen LogP contribution < -0.4 is 5.48 Å². The average Bonchev–Trinajstić information content (AvgIpc) is 1.82. The number of carbonyl (C=O) groups is 1. The first-order valence-electron chi connectivity index (χ1n) is 2.38. The molecule has 0 spiro atoms. The highest BCUT2D eigenvalue weighted by Gasteiger charge is 2.00. The van der Waals surface area contributed by atoms with E-state index in [1.165, 1.54) is 5.48 Å². The number of aliphatic imine (C=N–C) groups is 1. The summed E-state index contributed by atoms with van der Waals surface area (Å²) in [6, 6.07) is 0. The fraction of sp³-hybridized carbons (Fsp3) is 0.500. The van der Waals surface area contributed by atoms with Crippen LogP contribution >= 0.6 is 0 Å². The first-order chi connectivity index (χ1) is 4.22. The van der Waals surface area contributed by atoms with Crippen molar-refractivity contribution in [3.8, 4) is 0 Å². The van der Waals surface area contributed by atoms with Gasteiger partial charge in [0.25, 0.3) is 0 Å². The van der Waals surface area contributed by atoms with Crippen LogP contribution in [0.5, 0.6) is 0 Å². The molecule has 0 saturated heterocycles. The molecule has 0 atom stereocenters. The van der Waals surface area contributed by atoms with Crippen LogP contribution in [0.2, 0.25) is 0 Å². The van der Waals surface area contributed by atoms with Crippen molar-refractivity contribution in [2.75, 3.05) is 6.54 Å². The second kappa shape index (κ2) is 3.85. The normalized spacial score (nSPS) is 11.1. The number of carboxylic acid groups (broad SMARTS) is 1. The summed E-state index contributed by atoms with van der Waals surface area (Å²) >= 11 is 0. The minimum atomic E-state index is -1.33. The van der Waals surface area contributed by atoms with Crippen molar-refractivity contribution in [2.45, 2.75) is 6.92 Å². The standard InChI is InChI=1S/C4H7N2O3/c1-2-5-3(6-9)4(7)8/h2H2,1H3,(H2-,5,6,7,8,9)/q-1. The number of hydroxylamine groups is 1. The zero-order chi connectivity index (χ0) is 7.28. The molecule has 0 heterocycles. The van der Waals surface area contributed by atoms with Gasteiger partial charge in [0.2, 0.25) is 0 Å². The average molecular weight is 131 g/mol. The molecule has 0 bridgehead atoms. The van der Waals surface area contributed by atoms with Crippen molar-refractivity contribution in [1.29, 1.82) is 0 Å². The van der Waals surface area contributed by atoms with E-state index in [0.29, 0.717) is 0 Å². The predicted octanol–water partition coefficient (Wildman–Crippen LogP) is -0.423. The van der Waals surface area contributed by atoms with E-state index in [-0.39, 0.29) is 6.54 Å². The van der Waals surface area contributed by atoms with Crippen molar-refractivity contribution < 1.29 is 9.90 Å². The Labute approximate surface area is 52.0 Å². The lowest BCUT2D eigenvalue weighted by Crippen LogP contribution is -2.26. The molecule has 0 rings (SSSR count). The summed E-state index contributed by atoms with van der Waals surface area (Å²) in [6.45, 7) is 1.93. The van der Waals surface area contributed by atoms with Crippen LogP contribution in [-0.4, -0.2) is 23.5 Å². The van der Waals surface area contributed by atoms with Gasteiger partial charge in [-0.05, 0) is 6.92 Å². The molecular formula is C4H7N2O3-. The van der Waals surface area contributed by atoms with Gasteiger partial charge in [-0.25, -0.2) is 4.79 Å². The highest BCUT2D eigenvalue weighted by atomic mass is 16.5. The Bertz CT molecular complexity index is 132. The molecule has 5 heteroatoms. The number of hydrogen-bond donors (Lipinski definition) is 2. The summed E-state index contributed by atoms with van der Waals surface area (Å²) in [5.41, 5.74) is 1.20. The number of carboxylic acids is 1. The fourth-order valence-corrected chi connectivity index (χ4v) is 0.302. The van der Waals surface area contributed by atoms with Gasteiger partial charge in [0.15, 0.2) is 5.84 Å². The molecular weight excluding hydrogens is 124 g/mol. The van der Waals surface area contributed by atoms with Gasteiger partial charge in [0.05, 0.1) is 0 Å². The summed E-state index contributed by atoms with van der Waals surface area (Å²) in [7, 11) is 0. The molecule has 0 aromatic rings. The molecule has 0 radical (unpaired) electrons. The molecule has 0 aromatic heterocycles. The third-order valence-corrected chi connectivity index (χ3v) is 0.615. The molecule has 0 aliphatic carbocycles. The van der Waals surface area contributed by atoms with Crippen LogP contribution in [-0.2, 0) is 4.79 Å². The molecule has 0 aliphatic heterocycles. The van der Waals surface area contributed by atoms with Gasteiger partial charge >= 0.3 is 5.97 Å². The molecule has 2 N–H and O–H groups in total. The van der Waals surface area contributed by atoms with Crippen molar-refractivity contribution >= 4 is 11.8 Å². The van der Waals surface area contributed by atoms with Crippen molar-refractivity contribution in [2.24, 2.45) is 4.99 Å². The lowest BCUT2D eigenvalue weighted by atomic mass is 10.6. The lowest BCUT2D eigenvalue weighted by Gasteiger charge is -2.06. The second-order valence-corrected chi connectivity index (χ2v) is 1.23. The van der Waals surface area contributed by atoms with Crippen molar-refractivity contribution in [3.63, 3.8) is 0 Å². The van der Waals surface area contributed by atoms with E-state index in [1.807, 2.05) is 0 Å². The maximum Gasteiger partial charge on any atom is 0.370 e. The van der Waals surface area contributed by atoms with E-state index >= 15 is 0 Å². The Hall–Kier alpha value is -1.10. The largest absolute Gasteiger partial charge is 0.760 e. The van der Waals surface area contributed by atoms with Crippen molar-refractivity contribution in [1.82, 2.24) is 5.48 Å². The van der Waals surface area contributed by atoms with Crippen LogP contribution in [0, 0.1) is 5.21 Å². The summed E-state index contributed by atoms with van der Waals surface area (Å²) in [4.78, 5) is 13.3. The third kappa shape index (κ3) is 2.65. The number of nitrogens with zero attached hydrogens (tertiary/aromatic N) is 1. The van der Waals surface area contributed by atoms with E-state index in [2.05, 4.69) is 4.99 Å². The number of nitrogens with one attached hydrogen (secondary N) is 1. The highest BCUT2D eigenvalue weighted by Crippen LogP contribution is 1.73. The van der Waals surface area contributed by atoms with E-state index < -0.39 is 11.8 Å². The van der Waals surface area contributed by atoms with Crippen LogP contribution in [0.3, 0.4) is 0 Å². The molecule has 0 fully saturated rings. The summed E-state index contributed by atoms with van der Waals surface area (Å²) in [5.74, 6) is -1.87. The van der Waals surface area contributed by atoms with Gasteiger partial charge in [-0.1, -0.05) is 0 Å². The molecule has 0 unspecified atom stereocenters.